The highest BCUT2D eigenvalue weighted by Crippen LogP contribution is 2.31. The van der Waals surface area contributed by atoms with Crippen LogP contribution in [0.2, 0.25) is 0 Å². The average molecular weight is 489 g/mol. The Hall–Kier alpha value is -1.92. The van der Waals surface area contributed by atoms with Crippen LogP contribution in [0, 0.1) is 0 Å². The van der Waals surface area contributed by atoms with Crippen molar-refractivity contribution in [2.75, 3.05) is 11.9 Å². The molecule has 6 heteroatoms. The van der Waals surface area contributed by atoms with Crippen LogP contribution in [0.25, 0.3) is 10.2 Å². The molecule has 1 unspecified atom stereocenters. The zero-order valence-electron chi connectivity index (χ0n) is 18.0. The van der Waals surface area contributed by atoms with E-state index in [4.69, 9.17) is 4.74 Å². The number of benzene rings is 2. The van der Waals surface area contributed by atoms with Gasteiger partial charge in [-0.1, -0.05) is 51.2 Å². The molecule has 0 bridgehead atoms. The van der Waals surface area contributed by atoms with Crippen molar-refractivity contribution in [3.8, 4) is 5.75 Å². The van der Waals surface area contributed by atoms with Gasteiger partial charge >= 0.3 is 0 Å². The normalized spacial score (nSPS) is 12.3. The number of aromatic nitrogens is 1. The Bertz CT molecular complexity index is 1020. The molecular formula is C24H29BrN2O2S. The molecule has 3 rings (SSSR count). The third-order valence-electron chi connectivity index (χ3n) is 5.27. The second-order valence-corrected chi connectivity index (χ2v) is 9.79. The number of hydrogen-bond acceptors (Lipinski definition) is 4. The van der Waals surface area contributed by atoms with Crippen molar-refractivity contribution in [1.82, 2.24) is 4.98 Å². The maximum absolute atomic E-state index is 12.3. The van der Waals surface area contributed by atoms with E-state index in [1.807, 2.05) is 12.1 Å². The molecule has 0 aliphatic heterocycles. The summed E-state index contributed by atoms with van der Waals surface area (Å²) in [5.74, 6) is 1.77. The topological polar surface area (TPSA) is 51.2 Å². The molecule has 1 amide bonds. The van der Waals surface area contributed by atoms with Gasteiger partial charge in [0.15, 0.2) is 5.13 Å². The van der Waals surface area contributed by atoms with Gasteiger partial charge in [0.05, 0.1) is 21.3 Å². The third kappa shape index (κ3) is 5.82. The zero-order valence-corrected chi connectivity index (χ0v) is 20.4. The number of anilines is 1. The molecule has 0 aliphatic rings. The van der Waals surface area contributed by atoms with Crippen molar-refractivity contribution in [3.63, 3.8) is 0 Å². The van der Waals surface area contributed by atoms with E-state index in [1.165, 1.54) is 22.5 Å². The van der Waals surface area contributed by atoms with Gasteiger partial charge in [-0.25, -0.2) is 4.98 Å². The molecule has 3 aromatic rings. The lowest BCUT2D eigenvalue weighted by molar-refractivity contribution is -0.116. The van der Waals surface area contributed by atoms with E-state index in [9.17, 15) is 4.79 Å². The van der Waals surface area contributed by atoms with Crippen molar-refractivity contribution < 1.29 is 9.53 Å². The van der Waals surface area contributed by atoms with Crippen LogP contribution in [0.1, 0.15) is 69.9 Å². The summed E-state index contributed by atoms with van der Waals surface area (Å²) in [5, 5.41) is 3.58. The van der Waals surface area contributed by atoms with Gasteiger partial charge in [0.25, 0.3) is 0 Å². The number of nitrogens with one attached hydrogen (secondary N) is 1. The minimum atomic E-state index is -0.0333. The van der Waals surface area contributed by atoms with Crippen molar-refractivity contribution in [2.45, 2.75) is 58.8 Å². The van der Waals surface area contributed by atoms with Crippen molar-refractivity contribution >= 4 is 48.5 Å². The SMILES string of the molecule is CCC(C)c1ccc2nc(NC(=O)CCCOc3ccc(C(C)C)cc3Br)sc2c1. The second-order valence-electron chi connectivity index (χ2n) is 7.90. The molecule has 4 nitrogen and oxygen atoms in total. The Kier molecular flexibility index (Phi) is 7.89. The Balaban J connectivity index is 1.49. The van der Waals surface area contributed by atoms with Crippen LogP contribution in [-0.2, 0) is 4.79 Å². The first-order valence-electron chi connectivity index (χ1n) is 10.5. The lowest BCUT2D eigenvalue weighted by Gasteiger charge is -2.11. The summed E-state index contributed by atoms with van der Waals surface area (Å²) >= 11 is 5.09. The van der Waals surface area contributed by atoms with Crippen LogP contribution < -0.4 is 10.1 Å². The van der Waals surface area contributed by atoms with E-state index in [2.05, 4.69) is 78.2 Å². The van der Waals surface area contributed by atoms with Gasteiger partial charge in [-0.05, 0) is 76.0 Å². The molecule has 0 fully saturated rings. The number of halogens is 1. The smallest absolute Gasteiger partial charge is 0.226 e. The molecule has 1 atom stereocenters. The van der Waals surface area contributed by atoms with E-state index in [0.717, 1.165) is 26.9 Å². The Labute approximate surface area is 191 Å². The number of thiazole rings is 1. The minimum absolute atomic E-state index is 0.0333. The van der Waals surface area contributed by atoms with Crippen LogP contribution in [-0.4, -0.2) is 17.5 Å². The highest BCUT2D eigenvalue weighted by atomic mass is 79.9. The molecular weight excluding hydrogens is 460 g/mol. The molecule has 160 valence electrons. The van der Waals surface area contributed by atoms with Gasteiger partial charge in [0.1, 0.15) is 5.75 Å². The summed E-state index contributed by atoms with van der Waals surface area (Å²) in [7, 11) is 0. The van der Waals surface area contributed by atoms with Gasteiger partial charge in [-0.2, -0.15) is 0 Å². The van der Waals surface area contributed by atoms with Crippen LogP contribution in [0.5, 0.6) is 5.75 Å². The molecule has 1 N–H and O–H groups in total. The Morgan fingerprint density at radius 3 is 2.63 bits per heavy atom. The van der Waals surface area contributed by atoms with Crippen molar-refractivity contribution in [3.05, 3.63) is 52.0 Å². The van der Waals surface area contributed by atoms with E-state index < -0.39 is 0 Å². The van der Waals surface area contributed by atoms with Crippen LogP contribution >= 0.6 is 27.3 Å². The van der Waals surface area contributed by atoms with E-state index in [0.29, 0.717) is 36.4 Å². The number of nitrogens with zero attached hydrogens (tertiary/aromatic N) is 1. The first-order chi connectivity index (χ1) is 14.4. The summed E-state index contributed by atoms with van der Waals surface area (Å²) in [5.41, 5.74) is 3.51. The van der Waals surface area contributed by atoms with Crippen LogP contribution in [0.3, 0.4) is 0 Å². The molecule has 0 spiro atoms. The van der Waals surface area contributed by atoms with Gasteiger partial charge in [0.2, 0.25) is 5.91 Å². The predicted molar refractivity (Wildman–Crippen MR) is 130 cm³/mol. The molecule has 30 heavy (non-hydrogen) atoms. The first kappa shape index (κ1) is 22.8. The maximum Gasteiger partial charge on any atom is 0.226 e. The quantitative estimate of drug-likeness (QED) is 0.317. The van der Waals surface area contributed by atoms with E-state index in [-0.39, 0.29) is 5.91 Å². The fourth-order valence-corrected chi connectivity index (χ4v) is 4.57. The standard InChI is InChI=1S/C24H29BrN2O2S/c1-5-16(4)18-8-10-20-22(14-18)30-24(26-20)27-23(28)7-6-12-29-21-11-9-17(15(2)3)13-19(21)25/h8-11,13-16H,5-7,12H2,1-4H3,(H,26,27,28). The minimum Gasteiger partial charge on any atom is -0.492 e. The molecule has 1 aromatic heterocycles. The van der Waals surface area contributed by atoms with Gasteiger partial charge in [-0.3, -0.25) is 4.79 Å². The highest BCUT2D eigenvalue weighted by Gasteiger charge is 2.11. The number of amides is 1. The second kappa shape index (κ2) is 10.4. The van der Waals surface area contributed by atoms with E-state index >= 15 is 0 Å². The molecule has 0 saturated heterocycles. The zero-order chi connectivity index (χ0) is 21.7. The summed E-state index contributed by atoms with van der Waals surface area (Å²) in [6.07, 6.45) is 2.15. The number of ether oxygens (including phenoxy) is 1. The molecule has 0 aliphatic carbocycles. The monoisotopic (exact) mass is 488 g/mol. The molecule has 2 aromatic carbocycles. The molecule has 1 heterocycles. The first-order valence-corrected chi connectivity index (χ1v) is 12.1. The number of carbonyl (C=O) groups excluding carboxylic acids is 1. The number of rotatable bonds is 9. The van der Waals surface area contributed by atoms with Crippen molar-refractivity contribution in [2.24, 2.45) is 0 Å². The van der Waals surface area contributed by atoms with Gasteiger partial charge in [-0.15, -0.1) is 0 Å². The lowest BCUT2D eigenvalue weighted by Crippen LogP contribution is -2.12. The third-order valence-corrected chi connectivity index (χ3v) is 6.82. The van der Waals surface area contributed by atoms with Crippen molar-refractivity contribution in [1.29, 1.82) is 0 Å². The fraction of sp³-hybridized carbons (Fsp3) is 0.417. The highest BCUT2D eigenvalue weighted by molar-refractivity contribution is 9.10. The average Bonchev–Trinajstić information content (AvgIpc) is 3.12. The number of fused-ring (bicyclic) bond motifs is 1. The Morgan fingerprint density at radius 2 is 1.93 bits per heavy atom. The summed E-state index contributed by atoms with van der Waals surface area (Å²) in [6.45, 7) is 9.24. The molecule has 0 saturated carbocycles. The van der Waals surface area contributed by atoms with Gasteiger partial charge in [0, 0.05) is 6.42 Å². The van der Waals surface area contributed by atoms with Crippen LogP contribution in [0.4, 0.5) is 5.13 Å². The largest absolute Gasteiger partial charge is 0.492 e. The predicted octanol–water partition coefficient (Wildman–Crippen LogP) is 7.49. The summed E-state index contributed by atoms with van der Waals surface area (Å²) < 4.78 is 7.89. The summed E-state index contributed by atoms with van der Waals surface area (Å²) in [6, 6.07) is 12.5. The van der Waals surface area contributed by atoms with Crippen LogP contribution in [0.15, 0.2) is 40.9 Å². The maximum atomic E-state index is 12.3. The van der Waals surface area contributed by atoms with Gasteiger partial charge < -0.3 is 10.1 Å². The lowest BCUT2D eigenvalue weighted by atomic mass is 9.99. The molecule has 0 radical (unpaired) electrons. The number of carbonyl (C=O) groups is 1. The van der Waals surface area contributed by atoms with E-state index in [1.54, 1.807) is 0 Å². The summed E-state index contributed by atoms with van der Waals surface area (Å²) in [4.78, 5) is 16.8. The number of hydrogen-bond donors (Lipinski definition) is 1. The fourth-order valence-electron chi connectivity index (χ4n) is 3.13. The Morgan fingerprint density at radius 1 is 1.17 bits per heavy atom.